The van der Waals surface area contributed by atoms with Gasteiger partial charge in [0.25, 0.3) is 0 Å². The number of hydrogen-bond acceptors (Lipinski definition) is 4. The zero-order valence-electron chi connectivity index (χ0n) is 10.7. The van der Waals surface area contributed by atoms with Gasteiger partial charge in [0.2, 0.25) is 5.91 Å². The second-order valence-electron chi connectivity index (χ2n) is 4.44. The van der Waals surface area contributed by atoms with Crippen molar-refractivity contribution in [2.45, 2.75) is 13.3 Å². The SMILES string of the molecule is Cc1nc(C2=NNC(=O)C2)cc(-c2ccccc2F)n1. The quantitative estimate of drug-likeness (QED) is 0.905. The molecule has 0 saturated heterocycles. The van der Waals surface area contributed by atoms with Gasteiger partial charge in [-0.2, -0.15) is 5.10 Å². The van der Waals surface area contributed by atoms with Crippen LogP contribution in [-0.4, -0.2) is 21.6 Å². The molecule has 3 rings (SSSR count). The maximum atomic E-state index is 13.8. The van der Waals surface area contributed by atoms with E-state index in [0.717, 1.165) is 0 Å². The molecule has 0 unspecified atom stereocenters. The first-order chi connectivity index (χ1) is 9.63. The lowest BCUT2D eigenvalue weighted by Crippen LogP contribution is -2.10. The van der Waals surface area contributed by atoms with Gasteiger partial charge < -0.3 is 0 Å². The molecule has 0 fully saturated rings. The van der Waals surface area contributed by atoms with Gasteiger partial charge in [0, 0.05) is 5.56 Å². The third-order valence-corrected chi connectivity index (χ3v) is 2.93. The number of hydrogen-bond donors (Lipinski definition) is 1. The average molecular weight is 270 g/mol. The fourth-order valence-corrected chi connectivity index (χ4v) is 2.03. The lowest BCUT2D eigenvalue weighted by molar-refractivity contribution is -0.119. The van der Waals surface area contributed by atoms with Crippen LogP contribution in [0.2, 0.25) is 0 Å². The molecule has 0 bridgehead atoms. The maximum absolute atomic E-state index is 13.8. The molecule has 0 radical (unpaired) electrons. The minimum absolute atomic E-state index is 0.174. The van der Waals surface area contributed by atoms with E-state index in [1.165, 1.54) is 6.07 Å². The summed E-state index contributed by atoms with van der Waals surface area (Å²) < 4.78 is 13.8. The Morgan fingerprint density at radius 2 is 1.95 bits per heavy atom. The van der Waals surface area contributed by atoms with Gasteiger partial charge >= 0.3 is 0 Å². The van der Waals surface area contributed by atoms with E-state index >= 15 is 0 Å². The summed E-state index contributed by atoms with van der Waals surface area (Å²) in [5.74, 6) is -0.0226. The minimum atomic E-state index is -0.348. The van der Waals surface area contributed by atoms with Crippen LogP contribution in [0.4, 0.5) is 4.39 Å². The number of carbonyl (C=O) groups excluding carboxylic acids is 1. The highest BCUT2D eigenvalue weighted by Gasteiger charge is 2.19. The van der Waals surface area contributed by atoms with E-state index in [0.29, 0.717) is 28.5 Å². The summed E-state index contributed by atoms with van der Waals surface area (Å²) in [6, 6.07) is 8.04. The van der Waals surface area contributed by atoms with E-state index in [4.69, 9.17) is 0 Å². The molecule has 1 aliphatic heterocycles. The molecule has 0 atom stereocenters. The first-order valence-electron chi connectivity index (χ1n) is 6.10. The van der Waals surface area contributed by atoms with Crippen molar-refractivity contribution in [3.8, 4) is 11.3 Å². The van der Waals surface area contributed by atoms with Crippen molar-refractivity contribution in [2.75, 3.05) is 0 Å². The third-order valence-electron chi connectivity index (χ3n) is 2.93. The van der Waals surface area contributed by atoms with E-state index < -0.39 is 0 Å². The van der Waals surface area contributed by atoms with E-state index in [1.807, 2.05) is 0 Å². The highest BCUT2D eigenvalue weighted by molar-refractivity contribution is 6.12. The zero-order valence-corrected chi connectivity index (χ0v) is 10.7. The topological polar surface area (TPSA) is 67.2 Å². The molecule has 2 aromatic rings. The molecule has 1 aromatic heterocycles. The molecule has 20 heavy (non-hydrogen) atoms. The Morgan fingerprint density at radius 1 is 1.20 bits per heavy atom. The fourth-order valence-electron chi connectivity index (χ4n) is 2.03. The molecule has 2 heterocycles. The van der Waals surface area contributed by atoms with E-state index in [1.54, 1.807) is 31.2 Å². The lowest BCUT2D eigenvalue weighted by atomic mass is 10.1. The molecule has 1 amide bonds. The molecule has 0 saturated carbocycles. The first-order valence-corrected chi connectivity index (χ1v) is 6.10. The number of amides is 1. The molecule has 0 spiro atoms. The zero-order chi connectivity index (χ0) is 14.1. The Labute approximate surface area is 114 Å². The number of aryl methyl sites for hydroxylation is 1. The van der Waals surface area contributed by atoms with Crippen LogP contribution in [0.3, 0.4) is 0 Å². The molecular weight excluding hydrogens is 259 g/mol. The summed E-state index contributed by atoms with van der Waals surface area (Å²) in [4.78, 5) is 19.7. The summed E-state index contributed by atoms with van der Waals surface area (Å²) in [6.07, 6.45) is 0.174. The second kappa shape index (κ2) is 4.80. The summed E-state index contributed by atoms with van der Waals surface area (Å²) in [5, 5.41) is 3.92. The van der Waals surface area contributed by atoms with Crippen molar-refractivity contribution in [2.24, 2.45) is 5.10 Å². The number of aromatic nitrogens is 2. The Morgan fingerprint density at radius 3 is 2.65 bits per heavy atom. The van der Waals surface area contributed by atoms with E-state index in [2.05, 4.69) is 20.5 Å². The number of hydrazone groups is 1. The number of carbonyl (C=O) groups is 1. The van der Waals surface area contributed by atoms with Crippen molar-refractivity contribution < 1.29 is 9.18 Å². The molecule has 100 valence electrons. The Kier molecular flexibility index (Phi) is 2.98. The smallest absolute Gasteiger partial charge is 0.246 e. The van der Waals surface area contributed by atoms with Gasteiger partial charge in [-0.3, -0.25) is 4.79 Å². The molecular formula is C14H11FN4O. The normalized spacial score (nSPS) is 14.1. The van der Waals surface area contributed by atoms with Crippen LogP contribution < -0.4 is 5.43 Å². The van der Waals surface area contributed by atoms with Crippen LogP contribution in [0.15, 0.2) is 35.4 Å². The van der Waals surface area contributed by atoms with Gasteiger partial charge in [-0.05, 0) is 25.1 Å². The molecule has 1 aliphatic rings. The van der Waals surface area contributed by atoms with Crippen LogP contribution in [0.1, 0.15) is 17.9 Å². The summed E-state index contributed by atoms with van der Waals surface area (Å²) in [5.41, 5.74) is 4.33. The largest absolute Gasteiger partial charge is 0.273 e. The van der Waals surface area contributed by atoms with Crippen LogP contribution >= 0.6 is 0 Å². The van der Waals surface area contributed by atoms with E-state index in [-0.39, 0.29) is 18.1 Å². The van der Waals surface area contributed by atoms with Crippen molar-refractivity contribution in [1.29, 1.82) is 0 Å². The van der Waals surface area contributed by atoms with Crippen molar-refractivity contribution in [1.82, 2.24) is 15.4 Å². The van der Waals surface area contributed by atoms with Gasteiger partial charge in [0.15, 0.2) is 0 Å². The molecule has 1 N–H and O–H groups in total. The van der Waals surface area contributed by atoms with Crippen LogP contribution in [0.5, 0.6) is 0 Å². The molecule has 5 nitrogen and oxygen atoms in total. The van der Waals surface area contributed by atoms with Crippen molar-refractivity contribution in [3.05, 3.63) is 47.7 Å². The maximum Gasteiger partial charge on any atom is 0.246 e. The predicted octanol–water partition coefficient (Wildman–Crippen LogP) is 1.82. The summed E-state index contributed by atoms with van der Waals surface area (Å²) in [6.45, 7) is 1.72. The Balaban J connectivity index is 2.08. The first kappa shape index (κ1) is 12.4. The van der Waals surface area contributed by atoms with Gasteiger partial charge in [0.1, 0.15) is 11.6 Å². The van der Waals surface area contributed by atoms with Crippen LogP contribution in [-0.2, 0) is 4.79 Å². The number of nitrogens with zero attached hydrogens (tertiary/aromatic N) is 3. The number of nitrogens with one attached hydrogen (secondary N) is 1. The van der Waals surface area contributed by atoms with Gasteiger partial charge in [-0.15, -0.1) is 0 Å². The predicted molar refractivity (Wildman–Crippen MR) is 71.5 cm³/mol. The minimum Gasteiger partial charge on any atom is -0.273 e. The van der Waals surface area contributed by atoms with Crippen molar-refractivity contribution in [3.63, 3.8) is 0 Å². The van der Waals surface area contributed by atoms with E-state index in [9.17, 15) is 9.18 Å². The summed E-state index contributed by atoms with van der Waals surface area (Å²) in [7, 11) is 0. The van der Waals surface area contributed by atoms with Gasteiger partial charge in [0.05, 0.1) is 23.5 Å². The standard InChI is InChI=1S/C14H11FN4O/c1-8-16-11(9-4-2-3-5-10(9)15)6-12(17-8)13-7-14(20)19-18-13/h2-6H,7H2,1H3,(H,19,20). The highest BCUT2D eigenvalue weighted by atomic mass is 19.1. The molecule has 1 aromatic carbocycles. The average Bonchev–Trinajstić information content (AvgIpc) is 2.85. The second-order valence-corrected chi connectivity index (χ2v) is 4.44. The van der Waals surface area contributed by atoms with Crippen LogP contribution in [0.25, 0.3) is 11.3 Å². The van der Waals surface area contributed by atoms with Gasteiger partial charge in [-0.25, -0.2) is 19.8 Å². The number of benzene rings is 1. The lowest BCUT2D eigenvalue weighted by Gasteiger charge is -2.06. The fraction of sp³-hybridized carbons (Fsp3) is 0.143. The third kappa shape index (κ3) is 2.27. The Hall–Kier alpha value is -2.63. The van der Waals surface area contributed by atoms with Crippen LogP contribution in [0, 0.1) is 12.7 Å². The monoisotopic (exact) mass is 270 g/mol. The highest BCUT2D eigenvalue weighted by Crippen LogP contribution is 2.22. The van der Waals surface area contributed by atoms with Crippen molar-refractivity contribution >= 4 is 11.6 Å². The Bertz CT molecular complexity index is 727. The van der Waals surface area contributed by atoms with Gasteiger partial charge in [-0.1, -0.05) is 12.1 Å². The number of rotatable bonds is 2. The molecule has 6 heteroatoms. The summed E-state index contributed by atoms with van der Waals surface area (Å²) >= 11 is 0. The molecule has 0 aliphatic carbocycles. The number of halogens is 1.